The average molecular weight is 375 g/mol. The Morgan fingerprint density at radius 3 is 2.68 bits per heavy atom. The third-order valence-electron chi connectivity index (χ3n) is 5.03. The van der Waals surface area contributed by atoms with Gasteiger partial charge in [-0.1, -0.05) is 18.2 Å². The van der Waals surface area contributed by atoms with Crippen LogP contribution in [0.25, 0.3) is 10.8 Å². The summed E-state index contributed by atoms with van der Waals surface area (Å²) in [6, 6.07) is 15.0. The number of aliphatic hydroxyl groups is 1. The first-order valence-electron chi connectivity index (χ1n) is 9.29. The largest absolute Gasteiger partial charge is 0.395 e. The van der Waals surface area contributed by atoms with Crippen LogP contribution in [0.5, 0.6) is 0 Å². The van der Waals surface area contributed by atoms with E-state index in [9.17, 15) is 9.59 Å². The van der Waals surface area contributed by atoms with Gasteiger partial charge in [-0.15, -0.1) is 0 Å². The molecular weight excluding hydrogens is 354 g/mol. The number of nitrogens with zero attached hydrogens (tertiary/aromatic N) is 1. The van der Waals surface area contributed by atoms with Crippen molar-refractivity contribution in [2.75, 3.05) is 18.5 Å². The van der Waals surface area contributed by atoms with E-state index < -0.39 is 0 Å². The van der Waals surface area contributed by atoms with Gasteiger partial charge in [0.2, 0.25) is 5.91 Å². The Hall–Kier alpha value is -3.25. The van der Waals surface area contributed by atoms with Gasteiger partial charge in [-0.3, -0.25) is 14.6 Å². The van der Waals surface area contributed by atoms with Crippen molar-refractivity contribution in [3.05, 3.63) is 72.1 Å². The highest BCUT2D eigenvalue weighted by molar-refractivity contribution is 5.97. The van der Waals surface area contributed by atoms with Gasteiger partial charge >= 0.3 is 0 Å². The standard InChI is InChI=1S/C22H21N3O3/c26-10-9-24-21(27)15-3-1-14(2-4-15)19-12-20(19)22(28)25-18-6-5-17-13-23-8-7-16(17)11-18/h1-8,11,13,19-20,26H,9-10,12H2,(H,24,27)(H,25,28). The number of amides is 2. The van der Waals surface area contributed by atoms with Crippen LogP contribution in [0.2, 0.25) is 0 Å². The van der Waals surface area contributed by atoms with Gasteiger partial charge in [0, 0.05) is 41.5 Å². The summed E-state index contributed by atoms with van der Waals surface area (Å²) in [5, 5.41) is 16.5. The van der Waals surface area contributed by atoms with Gasteiger partial charge < -0.3 is 15.7 Å². The first-order valence-corrected chi connectivity index (χ1v) is 9.29. The van der Waals surface area contributed by atoms with Crippen LogP contribution in [0.15, 0.2) is 60.9 Å². The molecular formula is C22H21N3O3. The first kappa shape index (κ1) is 18.1. The van der Waals surface area contributed by atoms with Crippen LogP contribution in [0.3, 0.4) is 0 Å². The molecule has 4 rings (SSSR count). The molecule has 1 saturated carbocycles. The molecule has 1 heterocycles. The number of pyridine rings is 1. The highest BCUT2D eigenvalue weighted by atomic mass is 16.3. The van der Waals surface area contributed by atoms with E-state index in [1.165, 1.54) is 0 Å². The summed E-state index contributed by atoms with van der Waals surface area (Å²) in [6.07, 6.45) is 4.34. The molecule has 1 aromatic heterocycles. The number of benzene rings is 2. The normalized spacial score (nSPS) is 17.9. The number of hydrogen-bond donors (Lipinski definition) is 3. The molecule has 28 heavy (non-hydrogen) atoms. The molecule has 1 fully saturated rings. The lowest BCUT2D eigenvalue weighted by Crippen LogP contribution is -2.26. The molecule has 0 bridgehead atoms. The Morgan fingerprint density at radius 2 is 1.89 bits per heavy atom. The number of carbonyl (C=O) groups is 2. The summed E-state index contributed by atoms with van der Waals surface area (Å²) in [5.41, 5.74) is 2.39. The van der Waals surface area contributed by atoms with E-state index in [1.54, 1.807) is 24.5 Å². The van der Waals surface area contributed by atoms with Gasteiger partial charge in [0.1, 0.15) is 0 Å². The van der Waals surface area contributed by atoms with Crippen LogP contribution in [0.1, 0.15) is 28.3 Å². The molecule has 3 aromatic rings. The molecule has 142 valence electrons. The molecule has 2 aromatic carbocycles. The topological polar surface area (TPSA) is 91.3 Å². The molecule has 2 unspecified atom stereocenters. The average Bonchev–Trinajstić information content (AvgIpc) is 3.53. The lowest BCUT2D eigenvalue weighted by Gasteiger charge is -2.07. The summed E-state index contributed by atoms with van der Waals surface area (Å²) >= 11 is 0. The molecule has 2 atom stereocenters. The fourth-order valence-corrected chi connectivity index (χ4v) is 3.40. The van der Waals surface area contributed by atoms with E-state index in [-0.39, 0.29) is 36.8 Å². The van der Waals surface area contributed by atoms with E-state index >= 15 is 0 Å². The van der Waals surface area contributed by atoms with Crippen LogP contribution in [-0.2, 0) is 4.79 Å². The zero-order valence-electron chi connectivity index (χ0n) is 15.3. The van der Waals surface area contributed by atoms with Gasteiger partial charge in [-0.2, -0.15) is 0 Å². The monoisotopic (exact) mass is 375 g/mol. The second-order valence-electron chi connectivity index (χ2n) is 6.98. The second-order valence-corrected chi connectivity index (χ2v) is 6.98. The molecule has 1 aliphatic rings. The number of anilines is 1. The Kier molecular flexibility index (Phi) is 5.04. The number of fused-ring (bicyclic) bond motifs is 1. The molecule has 0 saturated heterocycles. The molecule has 0 spiro atoms. The SMILES string of the molecule is O=C(NCCO)c1ccc(C2CC2C(=O)Nc2ccc3cnccc3c2)cc1. The van der Waals surface area contributed by atoms with Gasteiger partial charge in [0.15, 0.2) is 0 Å². The lowest BCUT2D eigenvalue weighted by molar-refractivity contribution is -0.117. The highest BCUT2D eigenvalue weighted by Gasteiger charge is 2.43. The third kappa shape index (κ3) is 3.87. The molecule has 0 aliphatic heterocycles. The summed E-state index contributed by atoms with van der Waals surface area (Å²) in [4.78, 5) is 28.5. The Bertz CT molecular complexity index is 1020. The number of hydrogen-bond acceptors (Lipinski definition) is 4. The van der Waals surface area contributed by atoms with E-state index in [4.69, 9.17) is 5.11 Å². The summed E-state index contributed by atoms with van der Waals surface area (Å²) in [6.45, 7) is 0.146. The van der Waals surface area contributed by atoms with Crippen molar-refractivity contribution < 1.29 is 14.7 Å². The molecule has 2 amide bonds. The molecule has 6 nitrogen and oxygen atoms in total. The highest BCUT2D eigenvalue weighted by Crippen LogP contribution is 2.48. The number of aromatic nitrogens is 1. The molecule has 1 aliphatic carbocycles. The van der Waals surface area contributed by atoms with Crippen molar-refractivity contribution in [2.45, 2.75) is 12.3 Å². The number of carbonyl (C=O) groups excluding carboxylic acids is 2. The van der Waals surface area contributed by atoms with E-state index in [1.807, 2.05) is 36.4 Å². The Labute approximate surface area is 162 Å². The van der Waals surface area contributed by atoms with Crippen LogP contribution in [0.4, 0.5) is 5.69 Å². The van der Waals surface area contributed by atoms with Gasteiger partial charge in [-0.25, -0.2) is 0 Å². The second kappa shape index (κ2) is 7.78. The van der Waals surface area contributed by atoms with Crippen molar-refractivity contribution in [3.63, 3.8) is 0 Å². The van der Waals surface area contributed by atoms with E-state index in [0.717, 1.165) is 28.4 Å². The minimum Gasteiger partial charge on any atom is -0.395 e. The zero-order chi connectivity index (χ0) is 19.5. The maximum atomic E-state index is 12.6. The van der Waals surface area contributed by atoms with Crippen LogP contribution < -0.4 is 10.6 Å². The van der Waals surface area contributed by atoms with E-state index in [0.29, 0.717) is 5.56 Å². The minimum atomic E-state index is -0.211. The predicted octanol–water partition coefficient (Wildman–Crippen LogP) is 2.70. The first-order chi connectivity index (χ1) is 13.7. The zero-order valence-corrected chi connectivity index (χ0v) is 15.3. The summed E-state index contributed by atoms with van der Waals surface area (Å²) < 4.78 is 0. The van der Waals surface area contributed by atoms with Crippen molar-refractivity contribution in [1.82, 2.24) is 10.3 Å². The van der Waals surface area contributed by atoms with Gasteiger partial charge in [-0.05, 0) is 53.6 Å². The van der Waals surface area contributed by atoms with Crippen LogP contribution in [0, 0.1) is 5.92 Å². The lowest BCUT2D eigenvalue weighted by atomic mass is 10.1. The number of rotatable bonds is 6. The quantitative estimate of drug-likeness (QED) is 0.618. The number of aliphatic hydroxyl groups excluding tert-OH is 1. The maximum Gasteiger partial charge on any atom is 0.251 e. The van der Waals surface area contributed by atoms with Crippen LogP contribution >= 0.6 is 0 Å². The van der Waals surface area contributed by atoms with E-state index in [2.05, 4.69) is 15.6 Å². The summed E-state index contributed by atoms with van der Waals surface area (Å²) in [7, 11) is 0. The fraction of sp³-hybridized carbons (Fsp3) is 0.227. The van der Waals surface area contributed by atoms with Crippen molar-refractivity contribution in [3.8, 4) is 0 Å². The smallest absolute Gasteiger partial charge is 0.251 e. The number of nitrogens with one attached hydrogen (secondary N) is 2. The Morgan fingerprint density at radius 1 is 1.07 bits per heavy atom. The van der Waals surface area contributed by atoms with Gasteiger partial charge in [0.25, 0.3) is 5.91 Å². The van der Waals surface area contributed by atoms with Crippen LogP contribution in [-0.4, -0.2) is 35.1 Å². The summed E-state index contributed by atoms with van der Waals surface area (Å²) in [5.74, 6) is -0.0678. The minimum absolute atomic E-state index is 0.0168. The van der Waals surface area contributed by atoms with Crippen molar-refractivity contribution in [1.29, 1.82) is 0 Å². The maximum absolute atomic E-state index is 12.6. The van der Waals surface area contributed by atoms with Gasteiger partial charge in [0.05, 0.1) is 6.61 Å². The third-order valence-corrected chi connectivity index (χ3v) is 5.03. The Balaban J connectivity index is 1.37. The van der Waals surface area contributed by atoms with Crippen molar-refractivity contribution >= 4 is 28.3 Å². The predicted molar refractivity (Wildman–Crippen MR) is 107 cm³/mol. The fourth-order valence-electron chi connectivity index (χ4n) is 3.40. The molecule has 3 N–H and O–H groups in total. The van der Waals surface area contributed by atoms with Crippen molar-refractivity contribution in [2.24, 2.45) is 5.92 Å². The molecule has 6 heteroatoms. The molecule has 0 radical (unpaired) electrons.